The molecule has 0 spiro atoms. The second-order valence-electron chi connectivity index (χ2n) is 3.66. The fourth-order valence-corrected chi connectivity index (χ4v) is 1.70. The second-order valence-corrected chi connectivity index (χ2v) is 4.09. The lowest BCUT2D eigenvalue weighted by Crippen LogP contribution is -2.26. The number of rotatable bonds is 4. The first-order chi connectivity index (χ1) is 7.06. The first-order valence-electron chi connectivity index (χ1n) is 5.04. The Morgan fingerprint density at radius 1 is 1.47 bits per heavy atom. The highest BCUT2D eigenvalue weighted by atomic mass is 35.5. The van der Waals surface area contributed by atoms with E-state index in [-0.39, 0.29) is 0 Å². The summed E-state index contributed by atoms with van der Waals surface area (Å²) in [7, 11) is 0. The van der Waals surface area contributed by atoms with Gasteiger partial charge in [-0.05, 0) is 30.2 Å². The summed E-state index contributed by atoms with van der Waals surface area (Å²) in [5.74, 6) is 0. The zero-order valence-electron chi connectivity index (χ0n) is 8.78. The van der Waals surface area contributed by atoms with Crippen LogP contribution in [-0.2, 0) is 0 Å². The monoisotopic (exact) mass is 228 g/mol. The van der Waals surface area contributed by atoms with Gasteiger partial charge in [0.25, 0.3) is 0 Å². The van der Waals surface area contributed by atoms with Gasteiger partial charge >= 0.3 is 0 Å². The Morgan fingerprint density at radius 2 is 2.13 bits per heavy atom. The van der Waals surface area contributed by atoms with Crippen molar-refractivity contribution < 1.29 is 5.11 Å². The summed E-state index contributed by atoms with van der Waals surface area (Å²) >= 11 is 5.85. The molecule has 84 valence electrons. The van der Waals surface area contributed by atoms with Gasteiger partial charge in [0.2, 0.25) is 0 Å². The summed E-state index contributed by atoms with van der Waals surface area (Å²) in [6, 6.07) is 4.65. The molecule has 0 saturated carbocycles. The summed E-state index contributed by atoms with van der Waals surface area (Å²) in [5, 5.41) is 10.3. The van der Waals surface area contributed by atoms with E-state index in [1.54, 1.807) is 18.2 Å². The zero-order chi connectivity index (χ0) is 11.4. The molecule has 0 unspecified atom stereocenters. The van der Waals surface area contributed by atoms with Crippen LogP contribution in [0.15, 0.2) is 18.2 Å². The third kappa shape index (κ3) is 3.09. The predicted octanol–water partition coefficient (Wildman–Crippen LogP) is 2.08. The summed E-state index contributed by atoms with van der Waals surface area (Å²) < 4.78 is 0. The second kappa shape index (κ2) is 5.35. The fourth-order valence-electron chi connectivity index (χ4n) is 1.52. The predicted molar refractivity (Wildman–Crippen MR) is 63.7 cm³/mol. The van der Waals surface area contributed by atoms with Gasteiger partial charge in [0.1, 0.15) is 0 Å². The molecule has 0 amide bonds. The number of hydrogen-bond acceptors (Lipinski definition) is 3. The van der Waals surface area contributed by atoms with Crippen LogP contribution in [-0.4, -0.2) is 11.2 Å². The van der Waals surface area contributed by atoms with E-state index in [1.165, 1.54) is 0 Å². The van der Waals surface area contributed by atoms with E-state index in [2.05, 4.69) is 0 Å². The molecule has 0 heterocycles. The minimum atomic E-state index is -0.573. The van der Waals surface area contributed by atoms with E-state index < -0.39 is 12.1 Å². The average molecular weight is 229 g/mol. The van der Waals surface area contributed by atoms with Crippen LogP contribution in [0.5, 0.6) is 0 Å². The molecule has 15 heavy (non-hydrogen) atoms. The molecule has 0 aliphatic heterocycles. The maximum Gasteiger partial charge on any atom is 0.0733 e. The Bertz CT molecular complexity index is 330. The lowest BCUT2D eigenvalue weighted by molar-refractivity contribution is 0.134. The van der Waals surface area contributed by atoms with Crippen molar-refractivity contribution in [3.63, 3.8) is 0 Å². The Kier molecular flexibility index (Phi) is 4.39. The highest BCUT2D eigenvalue weighted by Gasteiger charge is 2.18. The maximum absolute atomic E-state index is 9.76. The van der Waals surface area contributed by atoms with Crippen molar-refractivity contribution in [1.82, 2.24) is 0 Å². The minimum Gasteiger partial charge on any atom is -0.398 e. The van der Waals surface area contributed by atoms with Crippen LogP contribution >= 0.6 is 11.6 Å². The summed E-state index contributed by atoms with van der Waals surface area (Å²) in [6.45, 7) is 2.00. The molecule has 3 nitrogen and oxygen atoms in total. The molecule has 0 aromatic heterocycles. The molecule has 0 saturated heterocycles. The number of aliphatic hydroxyl groups is 1. The van der Waals surface area contributed by atoms with Crippen molar-refractivity contribution in [2.24, 2.45) is 5.73 Å². The van der Waals surface area contributed by atoms with Crippen LogP contribution < -0.4 is 11.5 Å². The number of halogens is 1. The number of anilines is 1. The zero-order valence-corrected chi connectivity index (χ0v) is 9.54. The molecule has 0 fully saturated rings. The van der Waals surface area contributed by atoms with Crippen molar-refractivity contribution in [3.05, 3.63) is 28.8 Å². The SMILES string of the molecule is CCC[C@H](O)[C@H](N)c1cc(Cl)ccc1N. The van der Waals surface area contributed by atoms with Gasteiger partial charge in [0.15, 0.2) is 0 Å². The summed E-state index contributed by atoms with van der Waals surface area (Å²) in [5.41, 5.74) is 13.0. The lowest BCUT2D eigenvalue weighted by atomic mass is 9.98. The van der Waals surface area contributed by atoms with Crippen molar-refractivity contribution in [2.75, 3.05) is 5.73 Å². The van der Waals surface area contributed by atoms with Crippen molar-refractivity contribution in [3.8, 4) is 0 Å². The van der Waals surface area contributed by atoms with Crippen molar-refractivity contribution >= 4 is 17.3 Å². The van der Waals surface area contributed by atoms with Crippen LogP contribution in [0.3, 0.4) is 0 Å². The van der Waals surface area contributed by atoms with E-state index in [1.807, 2.05) is 6.92 Å². The van der Waals surface area contributed by atoms with Crippen LogP contribution in [0.2, 0.25) is 5.02 Å². The normalized spacial score (nSPS) is 14.9. The number of hydrogen-bond donors (Lipinski definition) is 3. The van der Waals surface area contributed by atoms with Gasteiger partial charge in [0.05, 0.1) is 12.1 Å². The first-order valence-corrected chi connectivity index (χ1v) is 5.42. The minimum absolute atomic E-state index is 0.469. The summed E-state index contributed by atoms with van der Waals surface area (Å²) in [4.78, 5) is 0. The number of nitrogens with two attached hydrogens (primary N) is 2. The Hall–Kier alpha value is -0.770. The molecule has 0 aliphatic carbocycles. The van der Waals surface area contributed by atoms with Crippen LogP contribution in [0, 0.1) is 0 Å². The topological polar surface area (TPSA) is 72.3 Å². The highest BCUT2D eigenvalue weighted by molar-refractivity contribution is 6.30. The molecule has 4 heteroatoms. The fraction of sp³-hybridized carbons (Fsp3) is 0.455. The van der Waals surface area contributed by atoms with Crippen LogP contribution in [0.25, 0.3) is 0 Å². The average Bonchev–Trinajstić information content (AvgIpc) is 2.21. The van der Waals surface area contributed by atoms with Gasteiger partial charge in [-0.3, -0.25) is 0 Å². The molecule has 1 aromatic rings. The molecular formula is C11H17ClN2O. The van der Waals surface area contributed by atoms with Crippen LogP contribution in [0.1, 0.15) is 31.4 Å². The van der Waals surface area contributed by atoms with Gasteiger partial charge in [-0.2, -0.15) is 0 Å². The third-order valence-electron chi connectivity index (χ3n) is 2.41. The third-order valence-corrected chi connectivity index (χ3v) is 2.64. The molecule has 2 atom stereocenters. The molecule has 0 radical (unpaired) electrons. The van der Waals surface area contributed by atoms with Crippen molar-refractivity contribution in [1.29, 1.82) is 0 Å². The number of benzene rings is 1. The van der Waals surface area contributed by atoms with E-state index in [4.69, 9.17) is 23.1 Å². The highest BCUT2D eigenvalue weighted by Crippen LogP contribution is 2.26. The Balaban J connectivity index is 2.89. The smallest absolute Gasteiger partial charge is 0.0733 e. The molecule has 0 bridgehead atoms. The molecule has 1 rings (SSSR count). The standard InChI is InChI=1S/C11H17ClN2O/c1-2-3-10(15)11(14)8-6-7(12)4-5-9(8)13/h4-6,10-11,15H,2-3,13-14H2,1H3/t10-,11+/m0/s1. The Morgan fingerprint density at radius 3 is 2.73 bits per heavy atom. The van der Waals surface area contributed by atoms with Crippen LogP contribution in [0.4, 0.5) is 5.69 Å². The van der Waals surface area contributed by atoms with E-state index in [9.17, 15) is 5.11 Å². The van der Waals surface area contributed by atoms with E-state index >= 15 is 0 Å². The van der Waals surface area contributed by atoms with Gasteiger partial charge in [0, 0.05) is 10.7 Å². The molecule has 0 aliphatic rings. The van der Waals surface area contributed by atoms with Gasteiger partial charge in [-0.25, -0.2) is 0 Å². The Labute approximate surface area is 95.0 Å². The molecular weight excluding hydrogens is 212 g/mol. The first kappa shape index (κ1) is 12.3. The van der Waals surface area contributed by atoms with E-state index in [0.29, 0.717) is 22.7 Å². The van der Waals surface area contributed by atoms with Gasteiger partial charge in [-0.1, -0.05) is 24.9 Å². The van der Waals surface area contributed by atoms with Crippen molar-refractivity contribution in [2.45, 2.75) is 31.9 Å². The number of aliphatic hydroxyl groups excluding tert-OH is 1. The van der Waals surface area contributed by atoms with E-state index in [0.717, 1.165) is 6.42 Å². The molecule has 1 aromatic carbocycles. The largest absolute Gasteiger partial charge is 0.398 e. The molecule has 5 N–H and O–H groups in total. The summed E-state index contributed by atoms with van der Waals surface area (Å²) in [6.07, 6.45) is 0.971. The maximum atomic E-state index is 9.76. The van der Waals surface area contributed by atoms with Gasteiger partial charge < -0.3 is 16.6 Å². The lowest BCUT2D eigenvalue weighted by Gasteiger charge is -2.20. The quantitative estimate of drug-likeness (QED) is 0.691. The number of nitrogen functional groups attached to an aromatic ring is 1. The van der Waals surface area contributed by atoms with Gasteiger partial charge in [-0.15, -0.1) is 0 Å².